The van der Waals surface area contributed by atoms with Crippen LogP contribution in [0.2, 0.25) is 0 Å². The van der Waals surface area contributed by atoms with Gasteiger partial charge >= 0.3 is 0 Å². The molecular weight excluding hydrogens is 268 g/mol. The zero-order valence-corrected chi connectivity index (χ0v) is 13.1. The number of hydrogen-bond donors (Lipinski definition) is 0. The highest BCUT2D eigenvalue weighted by Gasteiger charge is 2.13. The van der Waals surface area contributed by atoms with E-state index in [1.165, 1.54) is 13.5 Å². The Morgan fingerprint density at radius 1 is 1.10 bits per heavy atom. The lowest BCUT2D eigenvalue weighted by Crippen LogP contribution is -2.12. The lowest BCUT2D eigenvalue weighted by Gasteiger charge is -2.17. The quantitative estimate of drug-likeness (QED) is 0.613. The summed E-state index contributed by atoms with van der Waals surface area (Å²) in [6, 6.07) is 3.11. The number of aldehydes is 2. The van der Waals surface area contributed by atoms with Crippen LogP contribution in [0.4, 0.5) is 0 Å². The van der Waals surface area contributed by atoms with Crippen molar-refractivity contribution in [2.45, 2.75) is 39.5 Å². The molecule has 0 saturated carbocycles. The first-order valence-electron chi connectivity index (χ1n) is 7.45. The van der Waals surface area contributed by atoms with E-state index in [-0.39, 0.29) is 0 Å². The molecule has 0 aliphatic rings. The van der Waals surface area contributed by atoms with Crippen LogP contribution in [0.5, 0.6) is 11.5 Å². The lowest BCUT2D eigenvalue weighted by molar-refractivity contribution is 0.110. The number of hydrogen-bond acceptors (Lipinski definition) is 4. The molecule has 1 aromatic rings. The van der Waals surface area contributed by atoms with Gasteiger partial charge in [-0.3, -0.25) is 9.59 Å². The Balaban J connectivity index is 2.86. The van der Waals surface area contributed by atoms with Gasteiger partial charge < -0.3 is 9.47 Å². The molecule has 1 rings (SSSR count). The highest BCUT2D eigenvalue weighted by atomic mass is 16.5. The molecule has 0 saturated heterocycles. The summed E-state index contributed by atoms with van der Waals surface area (Å²) >= 11 is 0. The molecule has 0 radical (unpaired) electrons. The minimum Gasteiger partial charge on any atom is -0.496 e. The topological polar surface area (TPSA) is 52.6 Å². The molecule has 1 unspecified atom stereocenters. The van der Waals surface area contributed by atoms with Crippen molar-refractivity contribution in [1.29, 1.82) is 0 Å². The van der Waals surface area contributed by atoms with Gasteiger partial charge in [0.05, 0.1) is 24.8 Å². The van der Waals surface area contributed by atoms with Gasteiger partial charge in [-0.15, -0.1) is 0 Å². The third-order valence-corrected chi connectivity index (χ3v) is 3.63. The van der Waals surface area contributed by atoms with Crippen LogP contribution in [0.25, 0.3) is 0 Å². The maximum atomic E-state index is 11.2. The number of rotatable bonds is 10. The van der Waals surface area contributed by atoms with Crippen molar-refractivity contribution in [2.24, 2.45) is 5.92 Å². The van der Waals surface area contributed by atoms with Gasteiger partial charge in [0.2, 0.25) is 0 Å². The van der Waals surface area contributed by atoms with Gasteiger partial charge in [0.25, 0.3) is 0 Å². The fourth-order valence-electron chi connectivity index (χ4n) is 2.18. The molecule has 0 N–H and O–H groups in total. The van der Waals surface area contributed by atoms with E-state index in [1.54, 1.807) is 12.1 Å². The number of ether oxygens (including phenoxy) is 2. The summed E-state index contributed by atoms with van der Waals surface area (Å²) in [5, 5.41) is 0. The average molecular weight is 292 g/mol. The molecule has 0 amide bonds. The fourth-order valence-corrected chi connectivity index (χ4v) is 2.18. The van der Waals surface area contributed by atoms with E-state index >= 15 is 0 Å². The second kappa shape index (κ2) is 9.16. The second-order valence-electron chi connectivity index (χ2n) is 5.10. The lowest BCUT2D eigenvalue weighted by atomic mass is 10.0. The Hall–Kier alpha value is -1.84. The summed E-state index contributed by atoms with van der Waals surface area (Å²) in [4.78, 5) is 22.2. The van der Waals surface area contributed by atoms with Gasteiger partial charge in [-0.2, -0.15) is 0 Å². The van der Waals surface area contributed by atoms with Gasteiger partial charge in [-0.05, 0) is 24.5 Å². The van der Waals surface area contributed by atoms with Gasteiger partial charge in [0, 0.05) is 0 Å². The van der Waals surface area contributed by atoms with Gasteiger partial charge in [0.15, 0.2) is 12.6 Å². The number of methoxy groups -OCH3 is 1. The van der Waals surface area contributed by atoms with Crippen LogP contribution in [0, 0.1) is 5.92 Å². The first-order valence-corrected chi connectivity index (χ1v) is 7.45. The Morgan fingerprint density at radius 2 is 1.71 bits per heavy atom. The standard InChI is InChI=1S/C17H24O4/c1-4-6-7-13(5-2)12-21-17-9-14(10-18)16(20-3)8-15(17)11-19/h8-11,13H,4-7,12H2,1-3H3. The summed E-state index contributed by atoms with van der Waals surface area (Å²) in [5.41, 5.74) is 0.794. The van der Waals surface area contributed by atoms with Gasteiger partial charge in [-0.25, -0.2) is 0 Å². The number of carbonyl (C=O) groups excluding carboxylic acids is 2. The van der Waals surface area contributed by atoms with E-state index < -0.39 is 0 Å². The third-order valence-electron chi connectivity index (χ3n) is 3.63. The van der Waals surface area contributed by atoms with Crippen LogP contribution in [-0.2, 0) is 0 Å². The van der Waals surface area contributed by atoms with E-state index in [9.17, 15) is 9.59 Å². The van der Waals surface area contributed by atoms with Crippen LogP contribution in [0.1, 0.15) is 60.2 Å². The molecule has 0 aromatic heterocycles. The van der Waals surface area contributed by atoms with E-state index in [0.29, 0.717) is 41.4 Å². The van der Waals surface area contributed by atoms with Crippen molar-refractivity contribution in [3.63, 3.8) is 0 Å². The molecule has 0 bridgehead atoms. The van der Waals surface area contributed by atoms with Crippen molar-refractivity contribution >= 4 is 12.6 Å². The number of benzene rings is 1. The number of carbonyl (C=O) groups is 2. The molecule has 0 spiro atoms. The Labute approximate surface area is 126 Å². The monoisotopic (exact) mass is 292 g/mol. The van der Waals surface area contributed by atoms with E-state index in [2.05, 4.69) is 13.8 Å². The minimum atomic E-state index is 0.387. The van der Waals surface area contributed by atoms with Crippen molar-refractivity contribution in [1.82, 2.24) is 0 Å². The summed E-state index contributed by atoms with van der Waals surface area (Å²) in [6.45, 7) is 4.86. The number of unbranched alkanes of at least 4 members (excludes halogenated alkanes) is 1. The molecule has 116 valence electrons. The largest absolute Gasteiger partial charge is 0.496 e. The van der Waals surface area contributed by atoms with E-state index in [4.69, 9.17) is 9.47 Å². The molecule has 0 aliphatic heterocycles. The smallest absolute Gasteiger partial charge is 0.153 e. The predicted molar refractivity (Wildman–Crippen MR) is 82.6 cm³/mol. The molecule has 0 heterocycles. The highest BCUT2D eigenvalue weighted by Crippen LogP contribution is 2.27. The van der Waals surface area contributed by atoms with Crippen LogP contribution >= 0.6 is 0 Å². The van der Waals surface area contributed by atoms with Crippen molar-refractivity contribution in [2.75, 3.05) is 13.7 Å². The molecule has 0 aliphatic carbocycles. The summed E-state index contributed by atoms with van der Waals surface area (Å²) in [7, 11) is 1.47. The molecular formula is C17H24O4. The molecule has 4 heteroatoms. The van der Waals surface area contributed by atoms with Crippen LogP contribution in [0.3, 0.4) is 0 Å². The van der Waals surface area contributed by atoms with Gasteiger partial charge in [0.1, 0.15) is 11.5 Å². The summed E-state index contributed by atoms with van der Waals surface area (Å²) < 4.78 is 10.9. The molecule has 4 nitrogen and oxygen atoms in total. The highest BCUT2D eigenvalue weighted by molar-refractivity contribution is 5.87. The SMILES string of the molecule is CCCCC(CC)COc1cc(C=O)c(OC)cc1C=O. The maximum Gasteiger partial charge on any atom is 0.153 e. The summed E-state index contributed by atoms with van der Waals surface area (Å²) in [6.07, 6.45) is 5.90. The molecule has 0 fully saturated rings. The van der Waals surface area contributed by atoms with Crippen LogP contribution < -0.4 is 9.47 Å². The average Bonchev–Trinajstić information content (AvgIpc) is 2.54. The maximum absolute atomic E-state index is 11.2. The zero-order valence-electron chi connectivity index (χ0n) is 13.1. The van der Waals surface area contributed by atoms with Crippen LogP contribution in [0.15, 0.2) is 12.1 Å². The molecule has 1 aromatic carbocycles. The van der Waals surface area contributed by atoms with E-state index in [1.807, 2.05) is 0 Å². The zero-order chi connectivity index (χ0) is 15.7. The Bertz CT molecular complexity index is 468. The summed E-state index contributed by atoms with van der Waals surface area (Å²) in [5.74, 6) is 1.30. The Kier molecular flexibility index (Phi) is 7.51. The normalized spacial score (nSPS) is 11.8. The second-order valence-corrected chi connectivity index (χ2v) is 5.10. The minimum absolute atomic E-state index is 0.387. The van der Waals surface area contributed by atoms with Gasteiger partial charge in [-0.1, -0.05) is 33.1 Å². The van der Waals surface area contributed by atoms with Crippen molar-refractivity contribution < 1.29 is 19.1 Å². The van der Waals surface area contributed by atoms with E-state index in [0.717, 1.165) is 25.5 Å². The first kappa shape index (κ1) is 17.2. The Morgan fingerprint density at radius 3 is 2.24 bits per heavy atom. The fraction of sp³-hybridized carbons (Fsp3) is 0.529. The van der Waals surface area contributed by atoms with Crippen molar-refractivity contribution in [3.8, 4) is 11.5 Å². The molecule has 21 heavy (non-hydrogen) atoms. The van der Waals surface area contributed by atoms with Crippen LogP contribution in [-0.4, -0.2) is 26.3 Å². The first-order chi connectivity index (χ1) is 10.2. The molecule has 1 atom stereocenters. The van der Waals surface area contributed by atoms with Crippen molar-refractivity contribution in [3.05, 3.63) is 23.3 Å². The third kappa shape index (κ3) is 4.88. The predicted octanol–water partition coefficient (Wildman–Crippen LogP) is 3.92.